The van der Waals surface area contributed by atoms with E-state index in [-0.39, 0.29) is 6.04 Å². The highest BCUT2D eigenvalue weighted by Gasteiger charge is 2.16. The van der Waals surface area contributed by atoms with Crippen molar-refractivity contribution in [1.29, 1.82) is 0 Å². The molecule has 0 bridgehead atoms. The maximum atomic E-state index is 6.42. The van der Waals surface area contributed by atoms with Crippen LogP contribution < -0.4 is 5.73 Å². The van der Waals surface area contributed by atoms with E-state index in [1.54, 1.807) is 0 Å². The molecule has 1 aromatic heterocycles. The van der Waals surface area contributed by atoms with Gasteiger partial charge in [0.25, 0.3) is 0 Å². The number of hydrogen-bond donors (Lipinski definition) is 1. The van der Waals surface area contributed by atoms with Crippen LogP contribution in [0, 0.1) is 20.8 Å². The van der Waals surface area contributed by atoms with Crippen LogP contribution in [0.4, 0.5) is 0 Å². The first-order valence-corrected chi connectivity index (χ1v) is 6.88. The molecule has 2 N–H and O–H groups in total. The quantitative estimate of drug-likeness (QED) is 0.913. The minimum Gasteiger partial charge on any atom is -0.320 e. The molecular formula is C16H23N3. The topological polar surface area (TPSA) is 43.8 Å². The van der Waals surface area contributed by atoms with Crippen LogP contribution in [0.5, 0.6) is 0 Å². The Labute approximate surface area is 115 Å². The number of aromatic nitrogens is 2. The molecule has 0 radical (unpaired) electrons. The van der Waals surface area contributed by atoms with Crippen molar-refractivity contribution in [2.45, 2.75) is 46.7 Å². The van der Waals surface area contributed by atoms with E-state index in [4.69, 9.17) is 5.73 Å². The van der Waals surface area contributed by atoms with Crippen molar-refractivity contribution < 1.29 is 0 Å². The molecule has 0 saturated carbocycles. The van der Waals surface area contributed by atoms with Crippen LogP contribution in [0.2, 0.25) is 0 Å². The summed E-state index contributed by atoms with van der Waals surface area (Å²) in [6, 6.07) is 4.29. The van der Waals surface area contributed by atoms with Gasteiger partial charge in [-0.15, -0.1) is 0 Å². The molecule has 19 heavy (non-hydrogen) atoms. The molecule has 1 heterocycles. The molecule has 0 aliphatic heterocycles. The Hall–Kier alpha value is -1.61. The van der Waals surface area contributed by atoms with Gasteiger partial charge in [0.05, 0.1) is 12.2 Å². The SMILES string of the molecule is CCCn1cc(C(N)c2c(C)cc(C)cc2C)cn1. The molecular weight excluding hydrogens is 234 g/mol. The Morgan fingerprint density at radius 2 is 1.84 bits per heavy atom. The standard InChI is InChI=1S/C16H23N3/c1-5-6-19-10-14(9-18-19)16(17)15-12(3)7-11(2)8-13(15)4/h7-10,16H,5-6,17H2,1-4H3. The summed E-state index contributed by atoms with van der Waals surface area (Å²) in [4.78, 5) is 0. The largest absolute Gasteiger partial charge is 0.320 e. The Balaban J connectivity index is 2.35. The van der Waals surface area contributed by atoms with Gasteiger partial charge in [-0.2, -0.15) is 5.10 Å². The predicted molar refractivity (Wildman–Crippen MR) is 79.2 cm³/mol. The van der Waals surface area contributed by atoms with Gasteiger partial charge in [0.2, 0.25) is 0 Å². The second-order valence-electron chi connectivity index (χ2n) is 5.33. The number of nitrogens with two attached hydrogens (primary N) is 1. The summed E-state index contributed by atoms with van der Waals surface area (Å²) in [5.74, 6) is 0. The monoisotopic (exact) mass is 257 g/mol. The number of nitrogens with zero attached hydrogens (tertiary/aromatic N) is 2. The van der Waals surface area contributed by atoms with Crippen molar-refractivity contribution in [1.82, 2.24) is 9.78 Å². The van der Waals surface area contributed by atoms with E-state index in [1.807, 2.05) is 10.9 Å². The van der Waals surface area contributed by atoms with Crippen molar-refractivity contribution in [3.63, 3.8) is 0 Å². The van der Waals surface area contributed by atoms with E-state index >= 15 is 0 Å². The zero-order valence-electron chi connectivity index (χ0n) is 12.3. The lowest BCUT2D eigenvalue weighted by molar-refractivity contribution is 0.602. The second-order valence-corrected chi connectivity index (χ2v) is 5.33. The Morgan fingerprint density at radius 1 is 1.21 bits per heavy atom. The van der Waals surface area contributed by atoms with E-state index in [0.717, 1.165) is 18.5 Å². The van der Waals surface area contributed by atoms with E-state index in [2.05, 4.69) is 51.1 Å². The highest BCUT2D eigenvalue weighted by molar-refractivity contribution is 5.43. The zero-order valence-corrected chi connectivity index (χ0v) is 12.3. The molecule has 1 unspecified atom stereocenters. The molecule has 0 saturated heterocycles. The van der Waals surface area contributed by atoms with Crippen molar-refractivity contribution >= 4 is 0 Å². The lowest BCUT2D eigenvalue weighted by Crippen LogP contribution is -2.14. The van der Waals surface area contributed by atoms with Gasteiger partial charge in [-0.25, -0.2) is 0 Å². The van der Waals surface area contributed by atoms with Gasteiger partial charge in [-0.3, -0.25) is 4.68 Å². The van der Waals surface area contributed by atoms with Crippen LogP contribution >= 0.6 is 0 Å². The second kappa shape index (κ2) is 5.57. The Morgan fingerprint density at radius 3 is 2.42 bits per heavy atom. The summed E-state index contributed by atoms with van der Waals surface area (Å²) < 4.78 is 1.97. The molecule has 3 heteroatoms. The van der Waals surface area contributed by atoms with Crippen LogP contribution in [0.1, 0.15) is 47.2 Å². The van der Waals surface area contributed by atoms with Crippen molar-refractivity contribution in [2.75, 3.05) is 0 Å². The van der Waals surface area contributed by atoms with Crippen molar-refractivity contribution in [2.24, 2.45) is 5.73 Å². The minimum absolute atomic E-state index is 0.0915. The Bertz CT molecular complexity index is 546. The van der Waals surface area contributed by atoms with Gasteiger partial charge in [0.15, 0.2) is 0 Å². The lowest BCUT2D eigenvalue weighted by atomic mass is 9.92. The third-order valence-corrected chi connectivity index (χ3v) is 3.51. The molecule has 1 aromatic carbocycles. The summed E-state index contributed by atoms with van der Waals surface area (Å²) in [5.41, 5.74) is 12.5. The fourth-order valence-electron chi connectivity index (χ4n) is 2.74. The van der Waals surface area contributed by atoms with Gasteiger partial charge in [0.1, 0.15) is 0 Å². The molecule has 102 valence electrons. The summed E-state index contributed by atoms with van der Waals surface area (Å²) in [6.45, 7) is 9.47. The summed E-state index contributed by atoms with van der Waals surface area (Å²) in [6.07, 6.45) is 5.03. The first-order valence-electron chi connectivity index (χ1n) is 6.88. The van der Waals surface area contributed by atoms with Gasteiger partial charge >= 0.3 is 0 Å². The molecule has 0 fully saturated rings. The average Bonchev–Trinajstić information content (AvgIpc) is 2.76. The van der Waals surface area contributed by atoms with Gasteiger partial charge in [0, 0.05) is 18.3 Å². The van der Waals surface area contributed by atoms with Crippen LogP contribution in [0.15, 0.2) is 24.5 Å². The number of rotatable bonds is 4. The zero-order chi connectivity index (χ0) is 14.0. The van der Waals surface area contributed by atoms with E-state index < -0.39 is 0 Å². The van der Waals surface area contributed by atoms with Crippen molar-refractivity contribution in [3.05, 3.63) is 52.3 Å². The molecule has 2 aromatic rings. The highest BCUT2D eigenvalue weighted by Crippen LogP contribution is 2.26. The molecule has 0 amide bonds. The summed E-state index contributed by atoms with van der Waals surface area (Å²) >= 11 is 0. The maximum absolute atomic E-state index is 6.42. The van der Waals surface area contributed by atoms with Crippen LogP contribution in [0.25, 0.3) is 0 Å². The molecule has 1 atom stereocenters. The summed E-state index contributed by atoms with van der Waals surface area (Å²) in [5, 5.41) is 4.37. The summed E-state index contributed by atoms with van der Waals surface area (Å²) in [7, 11) is 0. The van der Waals surface area contributed by atoms with Crippen molar-refractivity contribution in [3.8, 4) is 0 Å². The van der Waals surface area contributed by atoms with E-state index in [1.165, 1.54) is 22.3 Å². The normalized spacial score (nSPS) is 12.7. The third-order valence-electron chi connectivity index (χ3n) is 3.51. The minimum atomic E-state index is -0.0915. The van der Waals surface area contributed by atoms with Crippen LogP contribution in [-0.4, -0.2) is 9.78 Å². The molecule has 3 nitrogen and oxygen atoms in total. The fraction of sp³-hybridized carbons (Fsp3) is 0.438. The lowest BCUT2D eigenvalue weighted by Gasteiger charge is -2.17. The number of aryl methyl sites for hydroxylation is 4. The fourth-order valence-corrected chi connectivity index (χ4v) is 2.74. The van der Waals surface area contributed by atoms with E-state index in [9.17, 15) is 0 Å². The molecule has 2 rings (SSSR count). The molecule has 0 aliphatic carbocycles. The number of hydrogen-bond acceptors (Lipinski definition) is 2. The Kier molecular flexibility index (Phi) is 4.05. The van der Waals surface area contributed by atoms with Crippen LogP contribution in [-0.2, 0) is 6.54 Å². The first kappa shape index (κ1) is 13.8. The molecule has 0 spiro atoms. The highest BCUT2D eigenvalue weighted by atomic mass is 15.3. The maximum Gasteiger partial charge on any atom is 0.0588 e. The van der Waals surface area contributed by atoms with E-state index in [0.29, 0.717) is 0 Å². The van der Waals surface area contributed by atoms with Gasteiger partial charge in [-0.05, 0) is 43.9 Å². The first-order chi connectivity index (χ1) is 9.02. The third kappa shape index (κ3) is 2.87. The van der Waals surface area contributed by atoms with Crippen LogP contribution in [0.3, 0.4) is 0 Å². The predicted octanol–water partition coefficient (Wildman–Crippen LogP) is 3.27. The number of benzene rings is 1. The van der Waals surface area contributed by atoms with Gasteiger partial charge < -0.3 is 5.73 Å². The van der Waals surface area contributed by atoms with Gasteiger partial charge in [-0.1, -0.05) is 24.6 Å². The average molecular weight is 257 g/mol. The smallest absolute Gasteiger partial charge is 0.0588 e. The molecule has 0 aliphatic rings.